The Labute approximate surface area is 107 Å². The van der Waals surface area contributed by atoms with Crippen LogP contribution in [0.1, 0.15) is 5.56 Å². The van der Waals surface area contributed by atoms with Crippen molar-refractivity contribution in [1.82, 2.24) is 10.2 Å². The van der Waals surface area contributed by atoms with Gasteiger partial charge in [-0.3, -0.25) is 4.99 Å². The molecule has 0 saturated heterocycles. The molecular weight excluding hydrogens is 230 g/mol. The smallest absolute Gasteiger partial charge is 0.194 e. The van der Waals surface area contributed by atoms with Gasteiger partial charge in [-0.25, -0.2) is 0 Å². The zero-order valence-electron chi connectivity index (χ0n) is 11.1. The molecule has 1 aliphatic heterocycles. The van der Waals surface area contributed by atoms with E-state index in [1.165, 1.54) is 0 Å². The van der Waals surface area contributed by atoms with Crippen LogP contribution in [-0.2, 0) is 6.54 Å². The second-order valence-corrected chi connectivity index (χ2v) is 4.13. The lowest BCUT2D eigenvalue weighted by atomic mass is 10.2. The normalized spacial score (nSPS) is 14.4. The quantitative estimate of drug-likeness (QED) is 0.868. The molecule has 18 heavy (non-hydrogen) atoms. The van der Waals surface area contributed by atoms with Crippen LogP contribution < -0.4 is 14.8 Å². The van der Waals surface area contributed by atoms with Crippen LogP contribution in [0.15, 0.2) is 23.2 Å². The maximum Gasteiger partial charge on any atom is 0.194 e. The second kappa shape index (κ2) is 5.62. The molecule has 5 nitrogen and oxygen atoms in total. The van der Waals surface area contributed by atoms with Crippen LogP contribution in [-0.4, -0.2) is 45.2 Å². The highest BCUT2D eigenvalue weighted by Gasteiger charge is 2.14. The first-order chi connectivity index (χ1) is 8.76. The summed E-state index contributed by atoms with van der Waals surface area (Å²) in [5.41, 5.74) is 1.06. The van der Waals surface area contributed by atoms with Gasteiger partial charge in [0.2, 0.25) is 0 Å². The summed E-state index contributed by atoms with van der Waals surface area (Å²) in [7, 11) is 5.33. The van der Waals surface area contributed by atoms with E-state index in [0.717, 1.165) is 36.1 Å². The van der Waals surface area contributed by atoms with Crippen molar-refractivity contribution in [1.29, 1.82) is 0 Å². The molecule has 1 aliphatic rings. The van der Waals surface area contributed by atoms with Gasteiger partial charge in [0.05, 0.1) is 20.8 Å². The first-order valence-electron chi connectivity index (χ1n) is 5.95. The summed E-state index contributed by atoms with van der Waals surface area (Å²) < 4.78 is 10.7. The molecule has 0 bridgehead atoms. The van der Waals surface area contributed by atoms with E-state index in [2.05, 4.69) is 15.2 Å². The molecule has 1 aromatic rings. The zero-order valence-corrected chi connectivity index (χ0v) is 11.1. The highest BCUT2D eigenvalue weighted by molar-refractivity contribution is 5.81. The second-order valence-electron chi connectivity index (χ2n) is 4.13. The van der Waals surface area contributed by atoms with Gasteiger partial charge >= 0.3 is 0 Å². The molecule has 0 unspecified atom stereocenters. The van der Waals surface area contributed by atoms with Crippen molar-refractivity contribution in [2.45, 2.75) is 6.54 Å². The summed E-state index contributed by atoms with van der Waals surface area (Å²) in [6, 6.07) is 5.87. The molecule has 0 fully saturated rings. The topological polar surface area (TPSA) is 46.1 Å². The molecule has 0 spiro atoms. The highest BCUT2D eigenvalue weighted by atomic mass is 16.5. The number of aliphatic imine (C=N–C) groups is 1. The Bertz CT molecular complexity index is 446. The van der Waals surface area contributed by atoms with Gasteiger partial charge in [0.25, 0.3) is 0 Å². The average molecular weight is 249 g/mol. The fourth-order valence-corrected chi connectivity index (χ4v) is 1.99. The maximum atomic E-state index is 5.39. The predicted molar refractivity (Wildman–Crippen MR) is 71.3 cm³/mol. The van der Waals surface area contributed by atoms with E-state index >= 15 is 0 Å². The maximum absolute atomic E-state index is 5.39. The third-order valence-electron chi connectivity index (χ3n) is 2.98. The van der Waals surface area contributed by atoms with Crippen LogP contribution in [0.3, 0.4) is 0 Å². The van der Waals surface area contributed by atoms with Gasteiger partial charge in [0.1, 0.15) is 0 Å². The van der Waals surface area contributed by atoms with Gasteiger partial charge in [-0.1, -0.05) is 12.1 Å². The number of para-hydroxylation sites is 1. The number of methoxy groups -OCH3 is 2. The van der Waals surface area contributed by atoms with Gasteiger partial charge in [-0.15, -0.1) is 0 Å². The molecular formula is C13H19N3O2. The van der Waals surface area contributed by atoms with E-state index in [1.54, 1.807) is 14.2 Å². The first kappa shape index (κ1) is 12.5. The fourth-order valence-electron chi connectivity index (χ4n) is 1.99. The predicted octanol–water partition coefficient (Wildman–Crippen LogP) is 1.09. The number of ether oxygens (including phenoxy) is 2. The van der Waals surface area contributed by atoms with Crippen molar-refractivity contribution in [2.75, 3.05) is 34.4 Å². The van der Waals surface area contributed by atoms with E-state index < -0.39 is 0 Å². The Balaban J connectivity index is 2.09. The van der Waals surface area contributed by atoms with Gasteiger partial charge in [-0.2, -0.15) is 0 Å². The van der Waals surface area contributed by atoms with E-state index in [0.29, 0.717) is 6.54 Å². The number of nitrogens with zero attached hydrogens (tertiary/aromatic N) is 2. The lowest BCUT2D eigenvalue weighted by Crippen LogP contribution is -2.35. The molecule has 0 aliphatic carbocycles. The summed E-state index contributed by atoms with van der Waals surface area (Å²) in [5.74, 6) is 2.45. The Morgan fingerprint density at radius 3 is 2.78 bits per heavy atom. The molecule has 1 N–H and O–H groups in total. The van der Waals surface area contributed by atoms with E-state index in [-0.39, 0.29) is 0 Å². The Morgan fingerprint density at radius 2 is 2.17 bits per heavy atom. The van der Waals surface area contributed by atoms with Crippen LogP contribution in [0.2, 0.25) is 0 Å². The molecule has 0 radical (unpaired) electrons. The number of nitrogens with one attached hydrogen (secondary N) is 1. The fraction of sp³-hybridized carbons (Fsp3) is 0.462. The SMILES string of the molecule is COc1cccc(CNC2=NCCN2C)c1OC. The molecule has 0 amide bonds. The number of likely N-dealkylation sites (N-methyl/N-ethyl adjacent to an activating group) is 1. The zero-order chi connectivity index (χ0) is 13.0. The van der Waals surface area contributed by atoms with Crippen molar-refractivity contribution in [3.63, 3.8) is 0 Å². The minimum absolute atomic E-state index is 0.670. The van der Waals surface area contributed by atoms with E-state index in [9.17, 15) is 0 Å². The molecule has 5 heteroatoms. The minimum atomic E-state index is 0.670. The first-order valence-corrected chi connectivity index (χ1v) is 5.95. The van der Waals surface area contributed by atoms with E-state index in [1.807, 2.05) is 25.2 Å². The van der Waals surface area contributed by atoms with Gasteiger partial charge in [0.15, 0.2) is 17.5 Å². The van der Waals surface area contributed by atoms with Crippen LogP contribution in [0, 0.1) is 0 Å². The van der Waals surface area contributed by atoms with Crippen LogP contribution in [0.5, 0.6) is 11.5 Å². The number of benzene rings is 1. The minimum Gasteiger partial charge on any atom is -0.493 e. The molecule has 1 heterocycles. The number of guanidine groups is 1. The number of rotatable bonds is 4. The monoisotopic (exact) mass is 249 g/mol. The third-order valence-corrected chi connectivity index (χ3v) is 2.98. The molecule has 1 aromatic carbocycles. The summed E-state index contributed by atoms with van der Waals surface area (Å²) >= 11 is 0. The lowest BCUT2D eigenvalue weighted by Gasteiger charge is -2.17. The summed E-state index contributed by atoms with van der Waals surface area (Å²) in [5, 5.41) is 3.31. The van der Waals surface area contributed by atoms with Crippen molar-refractivity contribution >= 4 is 5.96 Å². The van der Waals surface area contributed by atoms with Gasteiger partial charge < -0.3 is 19.7 Å². The summed E-state index contributed by atoms with van der Waals surface area (Å²) in [6.07, 6.45) is 0. The lowest BCUT2D eigenvalue weighted by molar-refractivity contribution is 0.351. The largest absolute Gasteiger partial charge is 0.493 e. The van der Waals surface area contributed by atoms with E-state index in [4.69, 9.17) is 9.47 Å². The highest BCUT2D eigenvalue weighted by Crippen LogP contribution is 2.30. The summed E-state index contributed by atoms with van der Waals surface area (Å²) in [6.45, 7) is 2.50. The molecule has 0 saturated carbocycles. The van der Waals surface area contributed by atoms with Crippen molar-refractivity contribution in [2.24, 2.45) is 4.99 Å². The Hall–Kier alpha value is -1.91. The van der Waals surface area contributed by atoms with Crippen LogP contribution in [0.25, 0.3) is 0 Å². The Kier molecular flexibility index (Phi) is 3.92. The van der Waals surface area contributed by atoms with Crippen molar-refractivity contribution in [3.05, 3.63) is 23.8 Å². The molecule has 98 valence electrons. The summed E-state index contributed by atoms with van der Waals surface area (Å²) in [4.78, 5) is 6.49. The average Bonchev–Trinajstić information content (AvgIpc) is 2.81. The van der Waals surface area contributed by atoms with Gasteiger partial charge in [-0.05, 0) is 6.07 Å². The Morgan fingerprint density at radius 1 is 1.33 bits per heavy atom. The number of hydrogen-bond donors (Lipinski definition) is 1. The van der Waals surface area contributed by atoms with Gasteiger partial charge in [0, 0.05) is 25.7 Å². The standard InChI is InChI=1S/C13H19N3O2/c1-16-8-7-14-13(16)15-9-10-5-4-6-11(17-2)12(10)18-3/h4-6H,7-9H2,1-3H3,(H,14,15). The van der Waals surface area contributed by atoms with Crippen molar-refractivity contribution < 1.29 is 9.47 Å². The molecule has 0 aromatic heterocycles. The van der Waals surface area contributed by atoms with Crippen molar-refractivity contribution in [3.8, 4) is 11.5 Å². The van der Waals surface area contributed by atoms with Crippen LogP contribution in [0.4, 0.5) is 0 Å². The number of hydrogen-bond acceptors (Lipinski definition) is 5. The third kappa shape index (κ3) is 2.50. The molecule has 0 atom stereocenters. The van der Waals surface area contributed by atoms with Crippen LogP contribution >= 0.6 is 0 Å². The molecule has 2 rings (SSSR count).